The van der Waals surface area contributed by atoms with Gasteiger partial charge in [-0.05, 0) is 25.9 Å². The van der Waals surface area contributed by atoms with E-state index in [4.69, 9.17) is 5.26 Å². The number of carbonyl (C=O) groups excluding carboxylic acids is 2. The second kappa shape index (κ2) is 20.4. The zero-order chi connectivity index (χ0) is 16.4. The lowest BCUT2D eigenvalue weighted by Gasteiger charge is -2.01. The third-order valence-corrected chi connectivity index (χ3v) is 2.69. The van der Waals surface area contributed by atoms with Crippen molar-refractivity contribution >= 4 is 36.2 Å². The molecule has 0 aromatic heterocycles. The first-order chi connectivity index (χ1) is 9.44. The van der Waals surface area contributed by atoms with Crippen LogP contribution in [0.15, 0.2) is 0 Å². The Morgan fingerprint density at radius 2 is 2.05 bits per heavy atom. The average molecular weight is 325 g/mol. The second-order valence-electron chi connectivity index (χ2n) is 3.40. The highest BCUT2D eigenvalue weighted by molar-refractivity contribution is 7.98. The topological polar surface area (TPSA) is 73.2 Å². The molecule has 20 heavy (non-hydrogen) atoms. The summed E-state index contributed by atoms with van der Waals surface area (Å²) in [4.78, 5) is 21.9. The quantitative estimate of drug-likeness (QED) is 0.599. The molecule has 5 nitrogen and oxygen atoms in total. The molecule has 2 amide bonds. The van der Waals surface area contributed by atoms with E-state index in [1.807, 2.05) is 18.7 Å². The maximum absolute atomic E-state index is 11.3. The van der Waals surface area contributed by atoms with E-state index in [1.165, 1.54) is 12.7 Å². The molecule has 0 aromatic carbocycles. The predicted molar refractivity (Wildman–Crippen MR) is 84.9 cm³/mol. The molecule has 0 aromatic rings. The number of hydrogen-bond acceptors (Lipinski definition) is 5. The normalized spacial score (nSPS) is 9.65. The van der Waals surface area contributed by atoms with Crippen LogP contribution in [0.25, 0.3) is 0 Å². The highest BCUT2D eigenvalue weighted by atomic mass is 32.2. The Balaban J connectivity index is -0.000000246. The van der Waals surface area contributed by atoms with Gasteiger partial charge in [0.25, 0.3) is 0 Å². The molecule has 0 spiro atoms. The minimum Gasteiger partial charge on any atom is -0.349 e. The Morgan fingerprint density at radius 1 is 1.55 bits per heavy atom. The number of nitrogens with one attached hydrogen (secondary N) is 1. The van der Waals surface area contributed by atoms with Crippen LogP contribution < -0.4 is 5.32 Å². The van der Waals surface area contributed by atoms with Gasteiger partial charge in [0, 0.05) is 13.6 Å². The number of nitriles is 1. The van der Waals surface area contributed by atoms with Gasteiger partial charge in [0.1, 0.15) is 5.92 Å². The Hall–Kier alpha value is -0.940. The summed E-state index contributed by atoms with van der Waals surface area (Å²) in [6.45, 7) is 6.32. The third kappa shape index (κ3) is 22.3. The minimum atomic E-state index is -0.702. The van der Waals surface area contributed by atoms with E-state index in [0.29, 0.717) is 0 Å². The zero-order valence-electron chi connectivity index (χ0n) is 12.7. The number of hydrogen-bond donors (Lipinski definition) is 1. The highest BCUT2D eigenvalue weighted by Crippen LogP contribution is 1.97. The highest BCUT2D eigenvalue weighted by Gasteiger charge is 2.09. The van der Waals surface area contributed by atoms with Gasteiger partial charge in [0.05, 0.1) is 24.1 Å². The number of carbonyl (C=O) groups is 2. The largest absolute Gasteiger partial charge is 0.349 e. The molecule has 0 heterocycles. The minimum absolute atomic E-state index is 0.0165. The van der Waals surface area contributed by atoms with Gasteiger partial charge in [-0.3, -0.25) is 9.59 Å². The molecule has 8 heteroatoms. The molecule has 0 rings (SSSR count). The molecule has 0 fully saturated rings. The standard InChI is InChI=1S/C5H7FN2OS.C4H9NO.C3H8S/c1-4(2-7)5(9)8-3-10-6;1-3-5(2)4-6;1-3-4-2/h4H,3H2,1H3,(H,8,9);4H,3H2,1-2H3;3H2,1-2H3. The Bertz CT molecular complexity index is 274. The third-order valence-electron chi connectivity index (χ3n) is 1.86. The fourth-order valence-corrected chi connectivity index (χ4v) is 0.581. The van der Waals surface area contributed by atoms with Crippen LogP contribution in [0.2, 0.25) is 0 Å². The van der Waals surface area contributed by atoms with Crippen molar-refractivity contribution in [2.45, 2.75) is 20.8 Å². The van der Waals surface area contributed by atoms with E-state index in [-0.39, 0.29) is 18.0 Å². The summed E-state index contributed by atoms with van der Waals surface area (Å²) in [5.41, 5.74) is 0. The summed E-state index contributed by atoms with van der Waals surface area (Å²) in [6, 6.07) is 1.73. The smallest absolute Gasteiger partial charge is 0.237 e. The van der Waals surface area contributed by atoms with Crippen molar-refractivity contribution in [3.05, 3.63) is 0 Å². The molecule has 0 saturated carbocycles. The summed E-state index contributed by atoms with van der Waals surface area (Å²) in [5.74, 6) is 0.00463. The van der Waals surface area contributed by atoms with E-state index in [2.05, 4.69) is 18.5 Å². The van der Waals surface area contributed by atoms with Gasteiger partial charge in [0.2, 0.25) is 12.3 Å². The van der Waals surface area contributed by atoms with Crippen molar-refractivity contribution < 1.29 is 13.5 Å². The summed E-state index contributed by atoms with van der Waals surface area (Å²) in [5, 5.41) is 10.4. The van der Waals surface area contributed by atoms with Crippen molar-refractivity contribution in [1.82, 2.24) is 10.2 Å². The first-order valence-corrected chi connectivity index (χ1v) is 8.28. The average Bonchev–Trinajstić information content (AvgIpc) is 2.51. The van der Waals surface area contributed by atoms with Crippen LogP contribution in [0.5, 0.6) is 0 Å². The molecule has 0 radical (unpaired) electrons. The Morgan fingerprint density at radius 3 is 2.25 bits per heavy atom. The first kappa shape index (κ1) is 24.1. The molecule has 1 unspecified atom stereocenters. The van der Waals surface area contributed by atoms with Gasteiger partial charge in [0.15, 0.2) is 0 Å². The van der Waals surface area contributed by atoms with Gasteiger partial charge < -0.3 is 10.2 Å². The summed E-state index contributed by atoms with van der Waals surface area (Å²) >= 11 is 1.87. The van der Waals surface area contributed by atoms with Crippen molar-refractivity contribution in [2.75, 3.05) is 31.5 Å². The number of halogens is 1. The van der Waals surface area contributed by atoms with Gasteiger partial charge in [-0.2, -0.15) is 20.9 Å². The van der Waals surface area contributed by atoms with Crippen molar-refractivity contribution in [1.29, 1.82) is 5.26 Å². The lowest BCUT2D eigenvalue weighted by Crippen LogP contribution is -2.27. The Kier molecular flexibility index (Phi) is 24.6. The molecule has 0 aliphatic heterocycles. The molecule has 118 valence electrons. The van der Waals surface area contributed by atoms with Crippen LogP contribution >= 0.6 is 23.9 Å². The number of thioether (sulfide) groups is 1. The lowest BCUT2D eigenvalue weighted by molar-refractivity contribution is -0.122. The number of nitrogens with zero attached hydrogens (tertiary/aromatic N) is 2. The monoisotopic (exact) mass is 325 g/mol. The van der Waals surface area contributed by atoms with E-state index in [9.17, 15) is 13.5 Å². The Labute approximate surface area is 129 Å². The molecule has 0 aliphatic carbocycles. The predicted octanol–water partition coefficient (Wildman–Crippen LogP) is 2.30. The van der Waals surface area contributed by atoms with Crippen LogP contribution in [-0.4, -0.2) is 48.7 Å². The summed E-state index contributed by atoms with van der Waals surface area (Å²) < 4.78 is 11.3. The second-order valence-corrected chi connectivity index (χ2v) is 5.06. The maximum atomic E-state index is 11.3. The van der Waals surface area contributed by atoms with Crippen LogP contribution in [0.4, 0.5) is 3.89 Å². The molecule has 0 saturated heterocycles. The van der Waals surface area contributed by atoms with Crippen LogP contribution in [0, 0.1) is 17.2 Å². The van der Waals surface area contributed by atoms with Crippen molar-refractivity contribution in [3.8, 4) is 6.07 Å². The fourth-order valence-electron chi connectivity index (χ4n) is 0.385. The van der Waals surface area contributed by atoms with Crippen LogP contribution in [-0.2, 0) is 9.59 Å². The fraction of sp³-hybridized carbons (Fsp3) is 0.750. The van der Waals surface area contributed by atoms with E-state index < -0.39 is 11.8 Å². The van der Waals surface area contributed by atoms with E-state index >= 15 is 0 Å². The lowest BCUT2D eigenvalue weighted by atomic mass is 10.2. The molecule has 0 bridgehead atoms. The van der Waals surface area contributed by atoms with Gasteiger partial charge in [-0.25, -0.2) is 0 Å². The first-order valence-electron chi connectivity index (χ1n) is 6.00. The van der Waals surface area contributed by atoms with Crippen LogP contribution in [0.3, 0.4) is 0 Å². The van der Waals surface area contributed by atoms with E-state index in [1.54, 1.807) is 18.0 Å². The number of rotatable bonds is 6. The zero-order valence-corrected chi connectivity index (χ0v) is 14.3. The summed E-state index contributed by atoms with van der Waals surface area (Å²) in [7, 11) is 1.74. The molecular weight excluding hydrogens is 301 g/mol. The SMILES string of the molecule is CC(C#N)C(=O)NCSF.CCN(C)C=O.CCSC. The summed E-state index contributed by atoms with van der Waals surface area (Å²) in [6.07, 6.45) is 2.90. The molecule has 1 atom stereocenters. The van der Waals surface area contributed by atoms with Crippen molar-refractivity contribution in [2.24, 2.45) is 5.92 Å². The van der Waals surface area contributed by atoms with Gasteiger partial charge in [-0.15, -0.1) is 0 Å². The molecular formula is C12H24FN3O2S2. The molecule has 1 N–H and O–H groups in total. The number of amides is 2. The van der Waals surface area contributed by atoms with Gasteiger partial charge in [-0.1, -0.05) is 6.92 Å². The maximum Gasteiger partial charge on any atom is 0.237 e. The van der Waals surface area contributed by atoms with Crippen molar-refractivity contribution in [3.63, 3.8) is 0 Å². The van der Waals surface area contributed by atoms with E-state index in [0.717, 1.165) is 13.0 Å². The molecule has 0 aliphatic rings. The van der Waals surface area contributed by atoms with Crippen LogP contribution in [0.1, 0.15) is 20.8 Å². The van der Waals surface area contributed by atoms with Gasteiger partial charge >= 0.3 is 0 Å².